The van der Waals surface area contributed by atoms with Crippen LogP contribution in [-0.2, 0) is 33.2 Å². The third-order valence-electron chi connectivity index (χ3n) is 8.39. The third-order valence-corrected chi connectivity index (χ3v) is 8.39. The summed E-state index contributed by atoms with van der Waals surface area (Å²) >= 11 is 0. The molecule has 3 aromatic rings. The summed E-state index contributed by atoms with van der Waals surface area (Å²) in [6.07, 6.45) is -6.53. The molecule has 2 aromatic heterocycles. The number of amides is 1. The maximum absolute atomic E-state index is 14.2. The number of halogens is 6. The SMILES string of the molecule is COCC(COC1CCN(C2CCN(c3ncc(C(F)(F)F)cn3)CC2)C1=O)Nc1cnn(Cc2ccc(OC)cc2)c(=O)c1C(F)(F)F. The highest BCUT2D eigenvalue weighted by atomic mass is 19.4. The van der Waals surface area contributed by atoms with E-state index < -0.39 is 46.9 Å². The van der Waals surface area contributed by atoms with Crippen molar-refractivity contribution in [3.63, 3.8) is 0 Å². The second-order valence-electron chi connectivity index (χ2n) is 11.7. The highest BCUT2D eigenvalue weighted by molar-refractivity contribution is 5.83. The van der Waals surface area contributed by atoms with Crippen LogP contribution in [0.4, 0.5) is 38.0 Å². The average Bonchev–Trinajstić information content (AvgIpc) is 3.44. The lowest BCUT2D eigenvalue weighted by Gasteiger charge is -2.36. The molecule has 0 radical (unpaired) electrons. The summed E-state index contributed by atoms with van der Waals surface area (Å²) in [7, 11) is 2.83. The fourth-order valence-corrected chi connectivity index (χ4v) is 5.87. The molecule has 4 heterocycles. The van der Waals surface area contributed by atoms with E-state index in [0.29, 0.717) is 50.2 Å². The van der Waals surface area contributed by atoms with Gasteiger partial charge in [0.25, 0.3) is 11.5 Å². The van der Waals surface area contributed by atoms with E-state index in [1.54, 1.807) is 34.1 Å². The fourth-order valence-electron chi connectivity index (χ4n) is 5.87. The summed E-state index contributed by atoms with van der Waals surface area (Å²) in [5.74, 6) is 0.461. The van der Waals surface area contributed by atoms with Crippen LogP contribution < -0.4 is 20.5 Å². The van der Waals surface area contributed by atoms with Gasteiger partial charge in [0.15, 0.2) is 0 Å². The summed E-state index contributed by atoms with van der Waals surface area (Å²) in [6, 6.07) is 5.48. The van der Waals surface area contributed by atoms with Crippen molar-refractivity contribution in [2.45, 2.75) is 56.3 Å². The fraction of sp³-hybridized carbons (Fsp3) is 0.516. The molecule has 18 heteroatoms. The van der Waals surface area contributed by atoms with E-state index in [0.717, 1.165) is 23.3 Å². The third kappa shape index (κ3) is 8.59. The van der Waals surface area contributed by atoms with Crippen molar-refractivity contribution in [3.05, 3.63) is 69.9 Å². The molecule has 2 aliphatic rings. The standard InChI is InChI=1S/C31H35F6N7O5/c1-47-17-21(41-24-15-40-44(28(46)26(24)31(35,36)37)16-19-3-5-23(48-2)6-4-19)18-49-25-9-12-43(27(25)45)22-7-10-42(11-8-22)29-38-13-20(14-39-29)30(32,33)34/h3-6,13-15,21-22,25,41H,7-12,16-18H2,1-2H3. The molecule has 1 N–H and O–H groups in total. The van der Waals surface area contributed by atoms with E-state index in [9.17, 15) is 35.9 Å². The van der Waals surface area contributed by atoms with Crippen LogP contribution in [0.25, 0.3) is 0 Å². The second kappa shape index (κ2) is 15.0. The van der Waals surface area contributed by atoms with Gasteiger partial charge in [-0.2, -0.15) is 31.4 Å². The van der Waals surface area contributed by atoms with Gasteiger partial charge in [-0.05, 0) is 30.5 Å². The zero-order valence-corrected chi connectivity index (χ0v) is 26.6. The number of piperidine rings is 1. The van der Waals surface area contributed by atoms with E-state index in [2.05, 4.69) is 20.4 Å². The van der Waals surface area contributed by atoms with Crippen LogP contribution in [0.15, 0.2) is 47.7 Å². The minimum atomic E-state index is -5.00. The number of carbonyl (C=O) groups is 1. The molecule has 2 fully saturated rings. The van der Waals surface area contributed by atoms with Crippen molar-refractivity contribution in [3.8, 4) is 5.75 Å². The molecule has 5 rings (SSSR count). The summed E-state index contributed by atoms with van der Waals surface area (Å²) in [5.41, 5.74) is -3.69. The summed E-state index contributed by atoms with van der Waals surface area (Å²) in [4.78, 5) is 37.4. The predicted molar refractivity (Wildman–Crippen MR) is 163 cm³/mol. The Bertz CT molecular complexity index is 1630. The number of nitrogens with zero attached hydrogens (tertiary/aromatic N) is 6. The van der Waals surface area contributed by atoms with E-state index >= 15 is 0 Å². The summed E-state index contributed by atoms with van der Waals surface area (Å²) in [6.45, 7) is 0.773. The number of rotatable bonds is 12. The zero-order chi connectivity index (χ0) is 35.3. The van der Waals surface area contributed by atoms with Crippen molar-refractivity contribution in [1.82, 2.24) is 24.6 Å². The van der Waals surface area contributed by atoms with E-state index in [1.165, 1.54) is 14.2 Å². The minimum Gasteiger partial charge on any atom is -0.497 e. The highest BCUT2D eigenvalue weighted by Gasteiger charge is 2.40. The first kappa shape index (κ1) is 35.8. The molecule has 49 heavy (non-hydrogen) atoms. The van der Waals surface area contributed by atoms with Crippen molar-refractivity contribution < 1.29 is 45.3 Å². The Kier molecular flexibility index (Phi) is 11.0. The normalized spacial score (nSPS) is 18.2. The van der Waals surface area contributed by atoms with Crippen molar-refractivity contribution >= 4 is 17.5 Å². The number of alkyl halides is 6. The lowest BCUT2D eigenvalue weighted by molar-refractivity contribution is -0.140. The second-order valence-corrected chi connectivity index (χ2v) is 11.7. The Labute approximate surface area is 277 Å². The van der Waals surface area contributed by atoms with Gasteiger partial charge in [-0.15, -0.1) is 0 Å². The van der Waals surface area contributed by atoms with Crippen LogP contribution in [0, 0.1) is 0 Å². The molecule has 1 aromatic carbocycles. The number of anilines is 2. The molecular weight excluding hydrogens is 664 g/mol. The van der Waals surface area contributed by atoms with Crippen molar-refractivity contribution in [1.29, 1.82) is 0 Å². The molecule has 266 valence electrons. The van der Waals surface area contributed by atoms with Gasteiger partial charge in [0, 0.05) is 51.6 Å². The van der Waals surface area contributed by atoms with E-state index in [1.807, 2.05) is 0 Å². The number of likely N-dealkylation sites (tertiary alicyclic amines) is 1. The number of benzene rings is 1. The molecule has 0 saturated carbocycles. The van der Waals surface area contributed by atoms with Gasteiger partial charge in [-0.25, -0.2) is 14.6 Å². The molecule has 2 aliphatic heterocycles. The van der Waals surface area contributed by atoms with Crippen LogP contribution in [0.2, 0.25) is 0 Å². The van der Waals surface area contributed by atoms with Gasteiger partial charge in [0.2, 0.25) is 5.95 Å². The maximum Gasteiger partial charge on any atom is 0.423 e. The van der Waals surface area contributed by atoms with Gasteiger partial charge >= 0.3 is 12.4 Å². The Hall–Kier alpha value is -4.45. The molecule has 2 unspecified atom stereocenters. The number of ether oxygens (including phenoxy) is 3. The summed E-state index contributed by atoms with van der Waals surface area (Å²) in [5, 5.41) is 6.65. The monoisotopic (exact) mass is 699 g/mol. The first-order valence-corrected chi connectivity index (χ1v) is 15.4. The van der Waals surface area contributed by atoms with Crippen LogP contribution in [0.1, 0.15) is 36.0 Å². The smallest absolute Gasteiger partial charge is 0.423 e. The van der Waals surface area contributed by atoms with Gasteiger partial charge in [0.05, 0.1) is 50.4 Å². The number of nitrogens with one attached hydrogen (secondary N) is 1. The Morgan fingerprint density at radius 2 is 1.57 bits per heavy atom. The summed E-state index contributed by atoms with van der Waals surface area (Å²) < 4.78 is 98.0. The van der Waals surface area contributed by atoms with Crippen molar-refractivity contribution in [2.75, 3.05) is 57.3 Å². The number of aromatic nitrogens is 4. The molecule has 0 spiro atoms. The molecule has 2 atom stereocenters. The number of hydrogen-bond acceptors (Lipinski definition) is 10. The topological polar surface area (TPSA) is 124 Å². The quantitative estimate of drug-likeness (QED) is 0.279. The number of methoxy groups -OCH3 is 2. The molecule has 12 nitrogen and oxygen atoms in total. The van der Waals surface area contributed by atoms with Gasteiger partial charge in [-0.1, -0.05) is 12.1 Å². The van der Waals surface area contributed by atoms with Gasteiger partial charge < -0.3 is 29.3 Å². The van der Waals surface area contributed by atoms with Crippen LogP contribution in [-0.4, -0.2) is 95.8 Å². The highest BCUT2D eigenvalue weighted by Crippen LogP contribution is 2.33. The van der Waals surface area contributed by atoms with E-state index in [-0.39, 0.29) is 37.7 Å². The van der Waals surface area contributed by atoms with Crippen LogP contribution in [0.3, 0.4) is 0 Å². The number of hydrogen-bond donors (Lipinski definition) is 1. The Balaban J connectivity index is 1.18. The molecular formula is C31H35F6N7O5. The van der Waals surface area contributed by atoms with Gasteiger partial charge in [0.1, 0.15) is 17.4 Å². The van der Waals surface area contributed by atoms with E-state index in [4.69, 9.17) is 14.2 Å². The largest absolute Gasteiger partial charge is 0.497 e. The molecule has 0 bridgehead atoms. The van der Waals surface area contributed by atoms with Crippen LogP contribution >= 0.6 is 0 Å². The first-order chi connectivity index (χ1) is 23.3. The lowest BCUT2D eigenvalue weighted by atomic mass is 10.0. The Morgan fingerprint density at radius 1 is 0.898 bits per heavy atom. The molecule has 2 saturated heterocycles. The predicted octanol–water partition coefficient (Wildman–Crippen LogP) is 3.84. The van der Waals surface area contributed by atoms with Crippen molar-refractivity contribution in [2.24, 2.45) is 0 Å². The first-order valence-electron chi connectivity index (χ1n) is 15.4. The number of carbonyl (C=O) groups excluding carboxylic acids is 1. The maximum atomic E-state index is 14.2. The molecule has 1 amide bonds. The minimum absolute atomic E-state index is 0.0959. The molecule has 0 aliphatic carbocycles. The average molecular weight is 700 g/mol. The lowest BCUT2D eigenvalue weighted by Crippen LogP contribution is -2.47. The Morgan fingerprint density at radius 3 is 2.16 bits per heavy atom. The van der Waals surface area contributed by atoms with Gasteiger partial charge in [-0.3, -0.25) is 9.59 Å². The zero-order valence-electron chi connectivity index (χ0n) is 26.6. The van der Waals surface area contributed by atoms with Crippen LogP contribution in [0.5, 0.6) is 5.75 Å².